The second-order valence-electron chi connectivity index (χ2n) is 13.6. The van der Waals surface area contributed by atoms with Crippen LogP contribution in [0.3, 0.4) is 0 Å². The van der Waals surface area contributed by atoms with Crippen molar-refractivity contribution in [2.24, 2.45) is 0 Å². The molecule has 7 amide bonds. The van der Waals surface area contributed by atoms with Gasteiger partial charge in [0.05, 0.1) is 0 Å². The molecule has 0 heterocycles. The topological polar surface area (TPSA) is 284 Å². The number of carbonyl (C=O) groups is 7. The molecular formula is C39H69N7O14. The van der Waals surface area contributed by atoms with Crippen molar-refractivity contribution < 1.29 is 69.3 Å². The molecule has 0 radical (unpaired) electrons. The molecule has 0 spiro atoms. The minimum absolute atomic E-state index is 0.907. The maximum Gasteiger partial charge on any atom is 0.406 e. The van der Waals surface area contributed by atoms with Gasteiger partial charge in [-0.3, -0.25) is 0 Å². The van der Waals surface area contributed by atoms with E-state index in [4.69, 9.17) is 35.7 Å². The van der Waals surface area contributed by atoms with E-state index in [1.54, 1.807) is 0 Å². The lowest BCUT2D eigenvalue weighted by Crippen LogP contribution is -2.18. The lowest BCUT2D eigenvalue weighted by molar-refractivity contribution is 0.164. The van der Waals surface area contributed by atoms with Crippen molar-refractivity contribution in [2.45, 2.75) is 37.5 Å². The van der Waals surface area contributed by atoms with E-state index in [2.05, 4.69) is 60.7 Å². The van der Waals surface area contributed by atoms with E-state index < -0.39 is 42.7 Å². The molecule has 2 fully saturated rings. The highest BCUT2D eigenvalue weighted by Gasteiger charge is 2.23. The van der Waals surface area contributed by atoms with Gasteiger partial charge in [0.25, 0.3) is 0 Å². The molecule has 2 aromatic carbocycles. The fraction of sp³-hybridized carbons (Fsp3) is 0.513. The zero-order valence-corrected chi connectivity index (χ0v) is 37.4. The molecule has 0 bridgehead atoms. The number of amides is 7. The molecule has 2 aromatic rings. The van der Waals surface area contributed by atoms with Gasteiger partial charge in [0.15, 0.2) is 0 Å². The fourth-order valence-corrected chi connectivity index (χ4v) is 2.28. The molecule has 0 aliphatic heterocycles. The molecule has 0 atom stereocenters. The van der Waals surface area contributed by atoms with E-state index in [0.29, 0.717) is 0 Å². The molecule has 21 nitrogen and oxygen atoms in total. The summed E-state index contributed by atoms with van der Waals surface area (Å²) in [5, 5.41) is 55.4. The van der Waals surface area contributed by atoms with E-state index >= 15 is 0 Å². The van der Waals surface area contributed by atoms with Gasteiger partial charge in [0, 0.05) is 98.7 Å². The van der Waals surface area contributed by atoms with Gasteiger partial charge in [-0.05, 0) is 48.6 Å². The Bertz CT molecular complexity index is 1240. The van der Waals surface area contributed by atoms with Crippen LogP contribution in [-0.2, 0) is 0 Å². The van der Waals surface area contributed by atoms with Crippen molar-refractivity contribution in [3.8, 4) is 0 Å². The first-order chi connectivity index (χ1) is 27.4. The molecule has 0 aromatic heterocycles. The third kappa shape index (κ3) is 49.3. The van der Waals surface area contributed by atoms with E-state index in [1.807, 2.05) is 0 Å². The Morgan fingerprint density at radius 3 is 0.517 bits per heavy atom. The van der Waals surface area contributed by atoms with Gasteiger partial charge in [-0.1, -0.05) is 60.7 Å². The molecule has 4 rings (SSSR count). The van der Waals surface area contributed by atoms with Crippen molar-refractivity contribution in [3.05, 3.63) is 71.8 Å². The van der Waals surface area contributed by atoms with Crippen LogP contribution in [0.25, 0.3) is 0 Å². The summed E-state index contributed by atoms with van der Waals surface area (Å²) in [6.45, 7) is 0. The monoisotopic (exact) mass is 859 g/mol. The Kier molecular flexibility index (Phi) is 38.2. The number of hydrogen-bond acceptors (Lipinski definition) is 7. The van der Waals surface area contributed by atoms with Crippen LogP contribution < -0.4 is 0 Å². The second-order valence-corrected chi connectivity index (χ2v) is 13.6. The summed E-state index contributed by atoms with van der Waals surface area (Å²) >= 11 is 0. The zero-order chi connectivity index (χ0) is 48.3. The number of hydrogen-bond donors (Lipinski definition) is 7. The predicted molar refractivity (Wildman–Crippen MR) is 229 cm³/mol. The quantitative estimate of drug-likeness (QED) is 0.165. The number of nitrogens with zero attached hydrogens (tertiary/aromatic N) is 7. The number of benzene rings is 2. The molecule has 2 saturated carbocycles. The van der Waals surface area contributed by atoms with Crippen molar-refractivity contribution in [1.29, 1.82) is 0 Å². The first-order valence-electron chi connectivity index (χ1n) is 17.9. The van der Waals surface area contributed by atoms with Crippen LogP contribution in [0.15, 0.2) is 60.7 Å². The molecule has 7 N–H and O–H groups in total. The van der Waals surface area contributed by atoms with Gasteiger partial charge in [-0.2, -0.15) is 0 Å². The highest BCUT2D eigenvalue weighted by Crippen LogP contribution is 2.40. The predicted octanol–water partition coefficient (Wildman–Crippen LogP) is 6.71. The van der Waals surface area contributed by atoms with Gasteiger partial charge >= 0.3 is 42.7 Å². The third-order valence-corrected chi connectivity index (χ3v) is 6.37. The Balaban J connectivity index is -0.000000191. The van der Waals surface area contributed by atoms with E-state index in [1.165, 1.54) is 135 Å². The lowest BCUT2D eigenvalue weighted by Gasteiger charge is -1.99. The van der Waals surface area contributed by atoms with Gasteiger partial charge in [0.2, 0.25) is 0 Å². The molecule has 21 heteroatoms. The van der Waals surface area contributed by atoms with E-state index in [0.717, 1.165) is 46.1 Å². The molecular weight excluding hydrogens is 790 g/mol. The second kappa shape index (κ2) is 36.7. The highest BCUT2D eigenvalue weighted by atomic mass is 16.4. The van der Waals surface area contributed by atoms with E-state index in [9.17, 15) is 33.6 Å². The molecule has 2 aliphatic rings. The first kappa shape index (κ1) is 62.5. The van der Waals surface area contributed by atoms with Crippen molar-refractivity contribution in [3.63, 3.8) is 0 Å². The summed E-state index contributed by atoms with van der Waals surface area (Å²) in [7, 11) is 20.6. The smallest absolute Gasteiger partial charge is 0.406 e. The Morgan fingerprint density at radius 2 is 0.433 bits per heavy atom. The summed E-state index contributed by atoms with van der Waals surface area (Å²) < 4.78 is 0. The van der Waals surface area contributed by atoms with E-state index in [-0.39, 0.29) is 0 Å². The van der Waals surface area contributed by atoms with Crippen LogP contribution in [0.5, 0.6) is 0 Å². The van der Waals surface area contributed by atoms with Crippen LogP contribution in [0.1, 0.15) is 48.6 Å². The van der Waals surface area contributed by atoms with Crippen LogP contribution in [0.4, 0.5) is 33.6 Å². The number of carboxylic acid groups (broad SMARTS) is 7. The first-order valence-corrected chi connectivity index (χ1v) is 17.9. The lowest BCUT2D eigenvalue weighted by atomic mass is 10.1. The van der Waals surface area contributed by atoms with Crippen LogP contribution in [-0.4, -0.2) is 211 Å². The molecule has 2 aliphatic carbocycles. The summed E-state index contributed by atoms with van der Waals surface area (Å²) in [4.78, 5) is 75.0. The molecule has 60 heavy (non-hydrogen) atoms. The fourth-order valence-electron chi connectivity index (χ4n) is 2.28. The molecule has 0 unspecified atom stereocenters. The van der Waals surface area contributed by atoms with Crippen molar-refractivity contribution in [2.75, 3.05) is 98.7 Å². The van der Waals surface area contributed by atoms with Gasteiger partial charge in [-0.15, -0.1) is 0 Å². The average Bonchev–Trinajstić information content (AvgIpc) is 4.09. The maximum absolute atomic E-state index is 9.62. The summed E-state index contributed by atoms with van der Waals surface area (Å²) in [6, 6.07) is 21.5. The Labute approximate surface area is 353 Å². The normalized spacial score (nSPS) is 10.7. The van der Waals surface area contributed by atoms with Crippen LogP contribution in [0, 0.1) is 0 Å². The Morgan fingerprint density at radius 1 is 0.317 bits per heavy atom. The molecule has 344 valence electrons. The zero-order valence-electron chi connectivity index (χ0n) is 37.4. The standard InChI is InChI=1S/2C9H10.7C3H7NO2/c2*1-2-4-8(5-3-1)9-6-7-9;7*1-4(2)3(5)6/h2*1-5,9H,6-7H2;7*1-2H3,(H,5,6). The summed E-state index contributed by atoms with van der Waals surface area (Å²) in [5.41, 5.74) is 3.05. The molecule has 0 saturated heterocycles. The average molecular weight is 860 g/mol. The van der Waals surface area contributed by atoms with Crippen molar-refractivity contribution in [1.82, 2.24) is 34.3 Å². The number of rotatable bonds is 2. The Hall–Kier alpha value is -6.67. The third-order valence-electron chi connectivity index (χ3n) is 6.37. The van der Waals surface area contributed by atoms with Crippen molar-refractivity contribution >= 4 is 42.7 Å². The van der Waals surface area contributed by atoms with Gasteiger partial charge in [-0.25, -0.2) is 33.6 Å². The largest absolute Gasteiger partial charge is 0.465 e. The SMILES string of the molecule is CN(C)C(=O)O.CN(C)C(=O)O.CN(C)C(=O)O.CN(C)C(=O)O.CN(C)C(=O)O.CN(C)C(=O)O.CN(C)C(=O)O.c1ccc(C2CC2)cc1.c1ccc(C2CC2)cc1. The van der Waals surface area contributed by atoms with Crippen LogP contribution in [0.2, 0.25) is 0 Å². The maximum atomic E-state index is 9.62. The summed E-state index contributed by atoms with van der Waals surface area (Å²) in [5.74, 6) is 1.82. The summed E-state index contributed by atoms with van der Waals surface area (Å²) in [6.07, 6.45) is -0.725. The van der Waals surface area contributed by atoms with Gasteiger partial charge in [0.1, 0.15) is 0 Å². The minimum atomic E-state index is -0.907. The minimum Gasteiger partial charge on any atom is -0.465 e. The highest BCUT2D eigenvalue weighted by molar-refractivity contribution is 5.65. The van der Waals surface area contributed by atoms with Crippen LogP contribution >= 0.6 is 0 Å². The van der Waals surface area contributed by atoms with Gasteiger partial charge < -0.3 is 70.0 Å².